The van der Waals surface area contributed by atoms with Gasteiger partial charge in [-0.3, -0.25) is 4.79 Å². The first-order valence-electron chi connectivity index (χ1n) is 6.68. The van der Waals surface area contributed by atoms with E-state index in [9.17, 15) is 4.79 Å². The van der Waals surface area contributed by atoms with Gasteiger partial charge in [0.1, 0.15) is 0 Å². The van der Waals surface area contributed by atoms with E-state index in [0.717, 1.165) is 0 Å². The summed E-state index contributed by atoms with van der Waals surface area (Å²) in [5, 5.41) is 2.78. The van der Waals surface area contributed by atoms with Crippen molar-refractivity contribution in [2.24, 2.45) is 5.92 Å². The van der Waals surface area contributed by atoms with Gasteiger partial charge in [-0.05, 0) is 0 Å². The van der Waals surface area contributed by atoms with E-state index in [1.54, 1.807) is 7.11 Å². The lowest BCUT2D eigenvalue weighted by molar-refractivity contribution is -0.124. The molecular weight excluding hydrogens is 250 g/mol. The molecule has 0 spiro atoms. The van der Waals surface area contributed by atoms with E-state index in [1.807, 2.05) is 13.8 Å². The van der Waals surface area contributed by atoms with Gasteiger partial charge in [0.2, 0.25) is 5.91 Å². The summed E-state index contributed by atoms with van der Waals surface area (Å²) < 4.78 is 20.7. The Kier molecular flexibility index (Phi) is 13.2. The molecule has 0 heterocycles. The minimum absolute atomic E-state index is 0.0152. The van der Waals surface area contributed by atoms with Gasteiger partial charge in [0.15, 0.2) is 0 Å². The van der Waals surface area contributed by atoms with Crippen LogP contribution < -0.4 is 5.32 Å². The molecule has 0 aromatic carbocycles. The second kappa shape index (κ2) is 13.7. The number of carbonyl (C=O) groups is 1. The Morgan fingerprint density at radius 1 is 0.895 bits per heavy atom. The fraction of sp³-hybridized carbons (Fsp3) is 0.923. The highest BCUT2D eigenvalue weighted by Crippen LogP contribution is 1.89. The highest BCUT2D eigenvalue weighted by atomic mass is 16.6. The number of methoxy groups -OCH3 is 1. The maximum atomic E-state index is 11.2. The van der Waals surface area contributed by atoms with Gasteiger partial charge in [-0.2, -0.15) is 0 Å². The fourth-order valence-corrected chi connectivity index (χ4v) is 1.13. The third-order valence-corrected chi connectivity index (χ3v) is 2.25. The molecule has 0 aliphatic carbocycles. The second-order valence-corrected chi connectivity index (χ2v) is 4.28. The van der Waals surface area contributed by atoms with Crippen LogP contribution in [-0.4, -0.2) is 65.8 Å². The standard InChI is InChI=1S/C13H27NO5/c1-12(2)13(15)14-4-5-17-8-9-19-11-10-18-7-6-16-3/h12H,4-11H2,1-3H3,(H,14,15). The fourth-order valence-electron chi connectivity index (χ4n) is 1.13. The summed E-state index contributed by atoms with van der Waals surface area (Å²) in [6.07, 6.45) is 0. The SMILES string of the molecule is COCCOCCOCCOCCNC(=O)C(C)C. The molecule has 0 aliphatic heterocycles. The van der Waals surface area contributed by atoms with Crippen LogP contribution in [0.5, 0.6) is 0 Å². The lowest BCUT2D eigenvalue weighted by Crippen LogP contribution is -2.31. The van der Waals surface area contributed by atoms with Crippen LogP contribution in [0.2, 0.25) is 0 Å². The summed E-state index contributed by atoms with van der Waals surface area (Å²) >= 11 is 0. The first-order valence-corrected chi connectivity index (χ1v) is 6.68. The zero-order chi connectivity index (χ0) is 14.3. The van der Waals surface area contributed by atoms with Crippen LogP contribution in [0.15, 0.2) is 0 Å². The van der Waals surface area contributed by atoms with Gasteiger partial charge in [0.25, 0.3) is 0 Å². The van der Waals surface area contributed by atoms with Crippen LogP contribution in [0.25, 0.3) is 0 Å². The number of hydrogen-bond acceptors (Lipinski definition) is 5. The number of ether oxygens (including phenoxy) is 4. The van der Waals surface area contributed by atoms with Gasteiger partial charge < -0.3 is 24.3 Å². The zero-order valence-electron chi connectivity index (χ0n) is 12.3. The van der Waals surface area contributed by atoms with E-state index >= 15 is 0 Å². The van der Waals surface area contributed by atoms with Crippen LogP contribution in [-0.2, 0) is 23.7 Å². The molecule has 0 bridgehead atoms. The van der Waals surface area contributed by atoms with Gasteiger partial charge in [-0.15, -0.1) is 0 Å². The molecule has 0 saturated heterocycles. The molecule has 1 N–H and O–H groups in total. The van der Waals surface area contributed by atoms with Gasteiger partial charge in [-0.25, -0.2) is 0 Å². The number of nitrogens with one attached hydrogen (secondary N) is 1. The normalized spacial score (nSPS) is 10.9. The topological polar surface area (TPSA) is 66.0 Å². The Morgan fingerprint density at radius 2 is 1.37 bits per heavy atom. The predicted molar refractivity (Wildman–Crippen MR) is 72.2 cm³/mol. The highest BCUT2D eigenvalue weighted by Gasteiger charge is 2.04. The smallest absolute Gasteiger partial charge is 0.222 e. The molecule has 0 radical (unpaired) electrons. The lowest BCUT2D eigenvalue weighted by Gasteiger charge is -2.08. The lowest BCUT2D eigenvalue weighted by atomic mass is 10.2. The number of hydrogen-bond donors (Lipinski definition) is 1. The molecule has 0 aromatic heterocycles. The summed E-state index contributed by atoms with van der Waals surface area (Å²) in [5.41, 5.74) is 0. The number of rotatable bonds is 13. The van der Waals surface area contributed by atoms with Crippen molar-refractivity contribution in [2.45, 2.75) is 13.8 Å². The van der Waals surface area contributed by atoms with Crippen LogP contribution in [0.1, 0.15) is 13.8 Å². The molecule has 1 amide bonds. The van der Waals surface area contributed by atoms with E-state index in [0.29, 0.717) is 52.8 Å². The summed E-state index contributed by atoms with van der Waals surface area (Å²) in [7, 11) is 1.64. The molecular formula is C13H27NO5. The Balaban J connectivity index is 3.05. The molecule has 6 heteroatoms. The van der Waals surface area contributed by atoms with Crippen molar-refractivity contribution < 1.29 is 23.7 Å². The molecule has 0 aliphatic rings. The molecule has 0 rings (SSSR count). The number of carbonyl (C=O) groups excluding carboxylic acids is 1. The van der Waals surface area contributed by atoms with Crippen LogP contribution in [0.3, 0.4) is 0 Å². The molecule has 6 nitrogen and oxygen atoms in total. The third-order valence-electron chi connectivity index (χ3n) is 2.25. The van der Waals surface area contributed by atoms with E-state index in [2.05, 4.69) is 5.32 Å². The molecule has 0 unspecified atom stereocenters. The Bertz CT molecular complexity index is 211. The van der Waals surface area contributed by atoms with Crippen LogP contribution in [0.4, 0.5) is 0 Å². The number of amides is 1. The average molecular weight is 277 g/mol. The van der Waals surface area contributed by atoms with Crippen LogP contribution in [0, 0.1) is 5.92 Å². The van der Waals surface area contributed by atoms with Gasteiger partial charge >= 0.3 is 0 Å². The predicted octanol–water partition coefficient (Wildman–Crippen LogP) is 0.455. The Morgan fingerprint density at radius 3 is 1.84 bits per heavy atom. The summed E-state index contributed by atoms with van der Waals surface area (Å²) in [6.45, 7) is 8.13. The molecule has 114 valence electrons. The van der Waals surface area contributed by atoms with Crippen molar-refractivity contribution in [1.29, 1.82) is 0 Å². The van der Waals surface area contributed by atoms with Gasteiger partial charge in [0.05, 0.1) is 46.2 Å². The van der Waals surface area contributed by atoms with Crippen molar-refractivity contribution in [3.8, 4) is 0 Å². The Hall–Kier alpha value is -0.690. The summed E-state index contributed by atoms with van der Waals surface area (Å²) in [5.74, 6) is 0.0644. The first kappa shape index (κ1) is 18.3. The largest absolute Gasteiger partial charge is 0.382 e. The molecule has 0 aromatic rings. The molecule has 0 atom stereocenters. The van der Waals surface area contributed by atoms with Crippen molar-refractivity contribution in [3.05, 3.63) is 0 Å². The van der Waals surface area contributed by atoms with E-state index in [1.165, 1.54) is 0 Å². The monoisotopic (exact) mass is 277 g/mol. The highest BCUT2D eigenvalue weighted by molar-refractivity contribution is 5.77. The Labute approximate surface area is 115 Å². The average Bonchev–Trinajstić information content (AvgIpc) is 2.39. The van der Waals surface area contributed by atoms with E-state index in [-0.39, 0.29) is 11.8 Å². The molecule has 0 fully saturated rings. The van der Waals surface area contributed by atoms with Crippen molar-refractivity contribution in [2.75, 3.05) is 59.9 Å². The van der Waals surface area contributed by atoms with Gasteiger partial charge in [0, 0.05) is 19.6 Å². The van der Waals surface area contributed by atoms with Crippen LogP contribution >= 0.6 is 0 Å². The summed E-state index contributed by atoms with van der Waals surface area (Å²) in [4.78, 5) is 11.2. The third kappa shape index (κ3) is 13.5. The molecule has 19 heavy (non-hydrogen) atoms. The van der Waals surface area contributed by atoms with Crippen molar-refractivity contribution in [1.82, 2.24) is 5.32 Å². The van der Waals surface area contributed by atoms with E-state index in [4.69, 9.17) is 18.9 Å². The minimum atomic E-state index is 0.0152. The molecule has 0 saturated carbocycles. The quantitative estimate of drug-likeness (QED) is 0.495. The first-order chi connectivity index (χ1) is 9.18. The minimum Gasteiger partial charge on any atom is -0.382 e. The second-order valence-electron chi connectivity index (χ2n) is 4.28. The van der Waals surface area contributed by atoms with Gasteiger partial charge in [-0.1, -0.05) is 13.8 Å². The van der Waals surface area contributed by atoms with E-state index < -0.39 is 0 Å². The maximum Gasteiger partial charge on any atom is 0.222 e. The zero-order valence-corrected chi connectivity index (χ0v) is 12.3. The summed E-state index contributed by atoms with van der Waals surface area (Å²) in [6, 6.07) is 0. The van der Waals surface area contributed by atoms with Crippen molar-refractivity contribution in [3.63, 3.8) is 0 Å². The maximum absolute atomic E-state index is 11.2. The van der Waals surface area contributed by atoms with Crippen molar-refractivity contribution >= 4 is 5.91 Å².